The lowest BCUT2D eigenvalue weighted by atomic mass is 10.0. The van der Waals surface area contributed by atoms with Crippen LogP contribution in [0.1, 0.15) is 15.2 Å². The van der Waals surface area contributed by atoms with Gasteiger partial charge in [-0.25, -0.2) is 4.39 Å². The Bertz CT molecular complexity index is 1000. The zero-order valence-corrected chi connectivity index (χ0v) is 12.7. The Morgan fingerprint density at radius 1 is 1.09 bits per heavy atom. The van der Waals surface area contributed by atoms with Crippen molar-refractivity contribution in [2.24, 2.45) is 0 Å². The van der Waals surface area contributed by atoms with Gasteiger partial charge >= 0.3 is 0 Å². The van der Waals surface area contributed by atoms with E-state index in [2.05, 4.69) is 10.2 Å². The summed E-state index contributed by atoms with van der Waals surface area (Å²) < 4.78 is 13.5. The lowest BCUT2D eigenvalue weighted by molar-refractivity contribution is 0.104. The number of aromatic nitrogens is 2. The van der Waals surface area contributed by atoms with Crippen LogP contribution in [0.3, 0.4) is 0 Å². The number of nitrogens with one attached hydrogen (secondary N) is 1. The number of carbonyl (C=O) groups is 1. The number of nitrogens with zero attached hydrogens (tertiary/aromatic N) is 1. The molecule has 0 unspecified atom stereocenters. The SMILES string of the molecule is O=C(c1ccc2[nH]nc(-c3cccc(F)c3)c2c1)c1cccs1. The molecular formula is C18H11FN2OS. The molecule has 0 radical (unpaired) electrons. The molecule has 0 saturated carbocycles. The Labute approximate surface area is 135 Å². The van der Waals surface area contributed by atoms with E-state index in [0.29, 0.717) is 21.7 Å². The standard InChI is InChI=1S/C18H11FN2OS/c19-13-4-1-3-11(9-13)17-14-10-12(6-7-15(14)20-21-17)18(22)16-5-2-8-23-16/h1-10H,(H,20,21). The largest absolute Gasteiger partial charge is 0.288 e. The molecular weight excluding hydrogens is 311 g/mol. The third kappa shape index (κ3) is 2.45. The van der Waals surface area contributed by atoms with E-state index < -0.39 is 0 Å². The lowest BCUT2D eigenvalue weighted by Crippen LogP contribution is -1.97. The van der Waals surface area contributed by atoms with Crippen LogP contribution in [0.25, 0.3) is 22.2 Å². The van der Waals surface area contributed by atoms with Crippen molar-refractivity contribution in [1.29, 1.82) is 0 Å². The number of thiophene rings is 1. The smallest absolute Gasteiger partial charge is 0.202 e. The summed E-state index contributed by atoms with van der Waals surface area (Å²) in [5.41, 5.74) is 2.73. The molecule has 0 spiro atoms. The number of hydrogen-bond donors (Lipinski definition) is 1. The van der Waals surface area contributed by atoms with Gasteiger partial charge in [0.1, 0.15) is 11.5 Å². The van der Waals surface area contributed by atoms with Gasteiger partial charge < -0.3 is 0 Å². The first-order valence-electron chi connectivity index (χ1n) is 7.04. The molecule has 112 valence electrons. The van der Waals surface area contributed by atoms with Crippen LogP contribution in [0, 0.1) is 5.82 Å². The molecule has 4 rings (SSSR count). The number of halogens is 1. The highest BCUT2D eigenvalue weighted by molar-refractivity contribution is 7.12. The molecule has 0 saturated heterocycles. The molecule has 2 aromatic heterocycles. The van der Waals surface area contributed by atoms with Gasteiger partial charge in [0, 0.05) is 16.5 Å². The quantitative estimate of drug-likeness (QED) is 0.558. The molecule has 5 heteroatoms. The first-order valence-corrected chi connectivity index (χ1v) is 7.92. The summed E-state index contributed by atoms with van der Waals surface area (Å²) in [4.78, 5) is 13.2. The van der Waals surface area contributed by atoms with Crippen LogP contribution in [-0.4, -0.2) is 16.0 Å². The van der Waals surface area contributed by atoms with E-state index in [1.54, 1.807) is 30.3 Å². The van der Waals surface area contributed by atoms with Crippen LogP contribution in [0.4, 0.5) is 4.39 Å². The van der Waals surface area contributed by atoms with E-state index in [1.165, 1.54) is 23.5 Å². The minimum absolute atomic E-state index is 0.0201. The summed E-state index contributed by atoms with van der Waals surface area (Å²) >= 11 is 1.41. The number of hydrogen-bond acceptors (Lipinski definition) is 3. The highest BCUT2D eigenvalue weighted by Crippen LogP contribution is 2.28. The number of fused-ring (bicyclic) bond motifs is 1. The van der Waals surface area contributed by atoms with Gasteiger partial charge in [-0.1, -0.05) is 18.2 Å². The number of ketones is 1. The molecule has 0 bridgehead atoms. The van der Waals surface area contributed by atoms with E-state index in [1.807, 2.05) is 17.5 Å². The summed E-state index contributed by atoms with van der Waals surface area (Å²) in [6.45, 7) is 0. The average Bonchev–Trinajstić information content (AvgIpc) is 3.23. The minimum atomic E-state index is -0.315. The van der Waals surface area contributed by atoms with Gasteiger partial charge in [0.2, 0.25) is 5.78 Å². The summed E-state index contributed by atoms with van der Waals surface area (Å²) in [7, 11) is 0. The van der Waals surface area contributed by atoms with Crippen molar-refractivity contribution in [3.8, 4) is 11.3 Å². The average molecular weight is 322 g/mol. The summed E-state index contributed by atoms with van der Waals surface area (Å²) in [6.07, 6.45) is 0. The molecule has 4 aromatic rings. The number of H-pyrrole nitrogens is 1. The predicted molar refractivity (Wildman–Crippen MR) is 89.2 cm³/mol. The van der Waals surface area contributed by atoms with Crippen LogP contribution >= 0.6 is 11.3 Å². The normalized spacial score (nSPS) is 11.0. The monoisotopic (exact) mass is 322 g/mol. The van der Waals surface area contributed by atoms with Gasteiger partial charge in [0.25, 0.3) is 0 Å². The molecule has 0 aliphatic rings. The van der Waals surface area contributed by atoms with Gasteiger partial charge in [-0.3, -0.25) is 9.89 Å². The highest BCUT2D eigenvalue weighted by Gasteiger charge is 2.14. The third-order valence-electron chi connectivity index (χ3n) is 3.67. The van der Waals surface area contributed by atoms with Crippen molar-refractivity contribution in [2.75, 3.05) is 0 Å². The summed E-state index contributed by atoms with van der Waals surface area (Å²) in [5.74, 6) is -0.335. The molecule has 0 fully saturated rings. The van der Waals surface area contributed by atoms with Crippen LogP contribution in [0.5, 0.6) is 0 Å². The second-order valence-corrected chi connectivity index (χ2v) is 6.10. The van der Waals surface area contributed by atoms with Crippen molar-refractivity contribution in [3.63, 3.8) is 0 Å². The van der Waals surface area contributed by atoms with Crippen LogP contribution in [0.2, 0.25) is 0 Å². The van der Waals surface area contributed by atoms with Crippen molar-refractivity contribution < 1.29 is 9.18 Å². The van der Waals surface area contributed by atoms with E-state index in [-0.39, 0.29) is 11.6 Å². The molecule has 3 nitrogen and oxygen atoms in total. The van der Waals surface area contributed by atoms with Gasteiger partial charge in [-0.2, -0.15) is 5.10 Å². The number of benzene rings is 2. The highest BCUT2D eigenvalue weighted by atomic mass is 32.1. The maximum absolute atomic E-state index is 13.5. The number of rotatable bonds is 3. The first-order chi connectivity index (χ1) is 11.2. The van der Waals surface area contributed by atoms with Gasteiger partial charge in [0.15, 0.2) is 0 Å². The van der Waals surface area contributed by atoms with Crippen molar-refractivity contribution >= 4 is 28.0 Å². The molecule has 0 aliphatic carbocycles. The molecule has 0 aliphatic heterocycles. The Morgan fingerprint density at radius 3 is 2.78 bits per heavy atom. The second kappa shape index (κ2) is 5.44. The Hall–Kier alpha value is -2.79. The van der Waals surface area contributed by atoms with E-state index in [9.17, 15) is 9.18 Å². The molecule has 0 atom stereocenters. The van der Waals surface area contributed by atoms with Crippen LogP contribution in [0.15, 0.2) is 60.0 Å². The van der Waals surface area contributed by atoms with Crippen molar-refractivity contribution in [3.05, 3.63) is 76.2 Å². The Balaban J connectivity index is 1.85. The Kier molecular flexibility index (Phi) is 3.28. The topological polar surface area (TPSA) is 45.8 Å². The van der Waals surface area contributed by atoms with Crippen molar-refractivity contribution in [2.45, 2.75) is 0 Å². The number of carbonyl (C=O) groups excluding carboxylic acids is 1. The van der Waals surface area contributed by atoms with Gasteiger partial charge in [-0.05, 0) is 41.8 Å². The van der Waals surface area contributed by atoms with Crippen LogP contribution in [-0.2, 0) is 0 Å². The molecule has 1 N–H and O–H groups in total. The van der Waals surface area contributed by atoms with E-state index in [0.717, 1.165) is 10.9 Å². The first kappa shape index (κ1) is 13.8. The lowest BCUT2D eigenvalue weighted by Gasteiger charge is -2.01. The number of aromatic amines is 1. The zero-order valence-electron chi connectivity index (χ0n) is 11.9. The molecule has 0 amide bonds. The van der Waals surface area contributed by atoms with E-state index >= 15 is 0 Å². The van der Waals surface area contributed by atoms with E-state index in [4.69, 9.17) is 0 Å². The fourth-order valence-electron chi connectivity index (χ4n) is 2.56. The fourth-order valence-corrected chi connectivity index (χ4v) is 3.25. The summed E-state index contributed by atoms with van der Waals surface area (Å²) in [5, 5.41) is 9.88. The molecule has 23 heavy (non-hydrogen) atoms. The maximum atomic E-state index is 13.5. The maximum Gasteiger partial charge on any atom is 0.202 e. The minimum Gasteiger partial charge on any atom is -0.288 e. The van der Waals surface area contributed by atoms with Crippen molar-refractivity contribution in [1.82, 2.24) is 10.2 Å². The second-order valence-electron chi connectivity index (χ2n) is 5.15. The van der Waals surface area contributed by atoms with Gasteiger partial charge in [0.05, 0.1) is 10.4 Å². The fraction of sp³-hybridized carbons (Fsp3) is 0. The molecule has 2 heterocycles. The molecule has 2 aromatic carbocycles. The van der Waals surface area contributed by atoms with Crippen LogP contribution < -0.4 is 0 Å². The summed E-state index contributed by atoms with van der Waals surface area (Å²) in [6, 6.07) is 15.3. The zero-order chi connectivity index (χ0) is 15.8. The third-order valence-corrected chi connectivity index (χ3v) is 4.54. The Morgan fingerprint density at radius 2 is 2.00 bits per heavy atom. The predicted octanol–water partition coefficient (Wildman–Crippen LogP) is 4.66. The van der Waals surface area contributed by atoms with Gasteiger partial charge in [-0.15, -0.1) is 11.3 Å².